The molecular formula is C16H34IN3O3. The highest BCUT2D eigenvalue weighted by Gasteiger charge is 2.14. The van der Waals surface area contributed by atoms with E-state index in [9.17, 15) is 0 Å². The van der Waals surface area contributed by atoms with Crippen LogP contribution in [-0.2, 0) is 14.2 Å². The van der Waals surface area contributed by atoms with Gasteiger partial charge in [-0.1, -0.05) is 0 Å². The Bertz CT molecular complexity index is 272. The van der Waals surface area contributed by atoms with Crippen molar-refractivity contribution in [2.24, 2.45) is 4.99 Å². The molecule has 0 bridgehead atoms. The highest BCUT2D eigenvalue weighted by atomic mass is 127. The zero-order valence-corrected chi connectivity index (χ0v) is 17.0. The molecule has 0 aromatic heterocycles. The Morgan fingerprint density at radius 1 is 1.17 bits per heavy atom. The fourth-order valence-electron chi connectivity index (χ4n) is 2.26. The number of halogens is 1. The lowest BCUT2D eigenvalue weighted by Crippen LogP contribution is -2.39. The van der Waals surface area contributed by atoms with Gasteiger partial charge in [0.05, 0.1) is 12.6 Å². The lowest BCUT2D eigenvalue weighted by molar-refractivity contribution is 0.117. The van der Waals surface area contributed by atoms with Crippen molar-refractivity contribution in [2.45, 2.75) is 45.1 Å². The zero-order valence-electron chi connectivity index (χ0n) is 14.6. The van der Waals surface area contributed by atoms with E-state index in [1.807, 2.05) is 6.92 Å². The molecule has 0 aliphatic carbocycles. The average Bonchev–Trinajstić information content (AvgIpc) is 3.04. The lowest BCUT2D eigenvalue weighted by atomic mass is 10.2. The maximum Gasteiger partial charge on any atom is 0.191 e. The maximum atomic E-state index is 5.62. The number of ether oxygens (including phenoxy) is 3. The van der Waals surface area contributed by atoms with Crippen molar-refractivity contribution in [1.29, 1.82) is 0 Å². The fraction of sp³-hybridized carbons (Fsp3) is 0.938. The van der Waals surface area contributed by atoms with Crippen molar-refractivity contribution in [2.75, 3.05) is 53.2 Å². The molecule has 0 saturated carbocycles. The minimum Gasteiger partial charge on any atom is -0.385 e. The molecule has 23 heavy (non-hydrogen) atoms. The molecule has 7 heteroatoms. The molecule has 1 unspecified atom stereocenters. The predicted molar refractivity (Wildman–Crippen MR) is 105 cm³/mol. The highest BCUT2D eigenvalue weighted by Crippen LogP contribution is 2.11. The molecule has 1 aliphatic rings. The molecule has 1 fully saturated rings. The van der Waals surface area contributed by atoms with Crippen LogP contribution in [0, 0.1) is 0 Å². The SMILES string of the molecule is CCOCCCNC(=NCC1CCCO1)NCCCCOC.I. The number of hydrogen-bond acceptors (Lipinski definition) is 4. The number of aliphatic imine (C=N–C) groups is 1. The van der Waals surface area contributed by atoms with Crippen molar-refractivity contribution < 1.29 is 14.2 Å². The minimum atomic E-state index is 0. The summed E-state index contributed by atoms with van der Waals surface area (Å²) < 4.78 is 16.0. The maximum absolute atomic E-state index is 5.62. The number of hydrogen-bond donors (Lipinski definition) is 2. The summed E-state index contributed by atoms with van der Waals surface area (Å²) in [6.45, 7) is 7.78. The Kier molecular flexibility index (Phi) is 16.6. The predicted octanol–water partition coefficient (Wildman–Crippen LogP) is 2.17. The molecule has 1 rings (SSSR count). The van der Waals surface area contributed by atoms with E-state index in [0.717, 1.165) is 84.1 Å². The zero-order chi connectivity index (χ0) is 15.9. The first-order chi connectivity index (χ1) is 10.9. The van der Waals surface area contributed by atoms with Gasteiger partial charge in [-0.3, -0.25) is 4.99 Å². The van der Waals surface area contributed by atoms with Crippen LogP contribution in [0.3, 0.4) is 0 Å². The van der Waals surface area contributed by atoms with Crippen LogP contribution in [0.15, 0.2) is 4.99 Å². The van der Waals surface area contributed by atoms with E-state index in [1.165, 1.54) is 0 Å². The number of guanidine groups is 1. The molecule has 1 atom stereocenters. The molecule has 0 radical (unpaired) electrons. The minimum absolute atomic E-state index is 0. The van der Waals surface area contributed by atoms with Gasteiger partial charge in [-0.15, -0.1) is 24.0 Å². The third-order valence-corrected chi connectivity index (χ3v) is 3.51. The van der Waals surface area contributed by atoms with Gasteiger partial charge in [-0.05, 0) is 39.0 Å². The van der Waals surface area contributed by atoms with Gasteiger partial charge in [0.25, 0.3) is 0 Å². The summed E-state index contributed by atoms with van der Waals surface area (Å²) in [6.07, 6.45) is 5.69. The second-order valence-corrected chi connectivity index (χ2v) is 5.43. The molecule has 1 heterocycles. The summed E-state index contributed by atoms with van der Waals surface area (Å²) in [5, 5.41) is 6.75. The van der Waals surface area contributed by atoms with E-state index in [0.29, 0.717) is 0 Å². The number of nitrogens with one attached hydrogen (secondary N) is 2. The van der Waals surface area contributed by atoms with Crippen molar-refractivity contribution in [3.63, 3.8) is 0 Å². The monoisotopic (exact) mass is 443 g/mol. The van der Waals surface area contributed by atoms with Crippen molar-refractivity contribution in [3.8, 4) is 0 Å². The van der Waals surface area contributed by atoms with Crippen LogP contribution >= 0.6 is 24.0 Å². The van der Waals surface area contributed by atoms with Crippen molar-refractivity contribution in [3.05, 3.63) is 0 Å². The van der Waals surface area contributed by atoms with Crippen molar-refractivity contribution >= 4 is 29.9 Å². The summed E-state index contributed by atoms with van der Waals surface area (Å²) in [5.74, 6) is 0.879. The molecule has 0 amide bonds. The molecule has 2 N–H and O–H groups in total. The fourth-order valence-corrected chi connectivity index (χ4v) is 2.26. The second-order valence-electron chi connectivity index (χ2n) is 5.43. The number of nitrogens with zero attached hydrogens (tertiary/aromatic N) is 1. The van der Waals surface area contributed by atoms with E-state index in [2.05, 4.69) is 15.6 Å². The molecule has 6 nitrogen and oxygen atoms in total. The summed E-state index contributed by atoms with van der Waals surface area (Å²) in [6, 6.07) is 0. The standard InChI is InChI=1S/C16H33N3O3.HI/c1-3-21-12-7-10-18-16(17-9-4-5-11-20-2)19-14-15-8-6-13-22-15;/h15H,3-14H2,1-2H3,(H2,17,18,19);1H. The molecule has 138 valence electrons. The summed E-state index contributed by atoms with van der Waals surface area (Å²) in [5.41, 5.74) is 0. The topological polar surface area (TPSA) is 64.1 Å². The van der Waals surface area contributed by atoms with E-state index >= 15 is 0 Å². The molecular weight excluding hydrogens is 409 g/mol. The van der Waals surface area contributed by atoms with Gasteiger partial charge in [0.2, 0.25) is 0 Å². The van der Waals surface area contributed by atoms with E-state index < -0.39 is 0 Å². The first kappa shape index (κ1) is 22.9. The number of methoxy groups -OCH3 is 1. The van der Waals surface area contributed by atoms with Gasteiger partial charge in [-0.2, -0.15) is 0 Å². The van der Waals surface area contributed by atoms with Gasteiger partial charge in [-0.25, -0.2) is 0 Å². The third-order valence-electron chi connectivity index (χ3n) is 3.51. The first-order valence-electron chi connectivity index (χ1n) is 8.57. The Morgan fingerprint density at radius 2 is 1.96 bits per heavy atom. The summed E-state index contributed by atoms with van der Waals surface area (Å²) in [4.78, 5) is 4.64. The van der Waals surface area contributed by atoms with Gasteiger partial charge < -0.3 is 24.8 Å². The number of unbranched alkanes of at least 4 members (excludes halogenated alkanes) is 1. The molecule has 1 saturated heterocycles. The largest absolute Gasteiger partial charge is 0.385 e. The lowest BCUT2D eigenvalue weighted by Gasteiger charge is -2.14. The molecule has 0 aromatic carbocycles. The van der Waals surface area contributed by atoms with Gasteiger partial charge >= 0.3 is 0 Å². The van der Waals surface area contributed by atoms with Crippen molar-refractivity contribution in [1.82, 2.24) is 10.6 Å². The third kappa shape index (κ3) is 12.9. The van der Waals surface area contributed by atoms with E-state index in [1.54, 1.807) is 7.11 Å². The van der Waals surface area contributed by atoms with Crippen LogP contribution in [0.1, 0.15) is 39.0 Å². The second kappa shape index (κ2) is 16.7. The van der Waals surface area contributed by atoms with Crippen LogP contribution < -0.4 is 10.6 Å². The Labute approximate surface area is 158 Å². The quantitative estimate of drug-likeness (QED) is 0.210. The normalized spacial score (nSPS) is 17.8. The van der Waals surface area contributed by atoms with Crippen LogP contribution in [0.2, 0.25) is 0 Å². The van der Waals surface area contributed by atoms with Crippen LogP contribution in [-0.4, -0.2) is 65.2 Å². The molecule has 0 spiro atoms. The van der Waals surface area contributed by atoms with Gasteiger partial charge in [0, 0.05) is 46.6 Å². The van der Waals surface area contributed by atoms with Crippen LogP contribution in [0.25, 0.3) is 0 Å². The first-order valence-corrected chi connectivity index (χ1v) is 8.57. The van der Waals surface area contributed by atoms with Gasteiger partial charge in [0.1, 0.15) is 0 Å². The summed E-state index contributed by atoms with van der Waals surface area (Å²) >= 11 is 0. The molecule has 1 aliphatic heterocycles. The smallest absolute Gasteiger partial charge is 0.191 e. The van der Waals surface area contributed by atoms with Crippen LogP contribution in [0.5, 0.6) is 0 Å². The Balaban J connectivity index is 0.00000484. The number of rotatable bonds is 12. The Morgan fingerprint density at radius 3 is 2.61 bits per heavy atom. The Hall–Kier alpha value is -0.120. The van der Waals surface area contributed by atoms with E-state index in [-0.39, 0.29) is 30.1 Å². The van der Waals surface area contributed by atoms with E-state index in [4.69, 9.17) is 14.2 Å². The highest BCUT2D eigenvalue weighted by molar-refractivity contribution is 14.0. The average molecular weight is 443 g/mol. The van der Waals surface area contributed by atoms with Gasteiger partial charge in [0.15, 0.2) is 5.96 Å². The van der Waals surface area contributed by atoms with Crippen LogP contribution in [0.4, 0.5) is 0 Å². The molecule has 0 aromatic rings. The summed E-state index contributed by atoms with van der Waals surface area (Å²) in [7, 11) is 1.74.